The average Bonchev–Trinajstić information content (AvgIpc) is 2.82. The maximum absolute atomic E-state index is 14.4. The molecule has 2 heterocycles. The quantitative estimate of drug-likeness (QED) is 0.577. The summed E-state index contributed by atoms with van der Waals surface area (Å²) < 4.78 is 20.7. The Morgan fingerprint density at radius 3 is 2.89 bits per heavy atom. The fraction of sp³-hybridized carbons (Fsp3) is 0.600. The van der Waals surface area contributed by atoms with Crippen LogP contribution >= 0.6 is 0 Å². The van der Waals surface area contributed by atoms with E-state index in [1.54, 1.807) is 0 Å². The molecule has 5 atom stereocenters. The second-order valence-corrected chi connectivity index (χ2v) is 4.54. The van der Waals surface area contributed by atoms with Crippen LogP contribution < -0.4 is 11.4 Å². The Labute approximate surface area is 101 Å². The van der Waals surface area contributed by atoms with Crippen molar-refractivity contribution in [3.05, 3.63) is 22.7 Å². The van der Waals surface area contributed by atoms with Crippen LogP contribution in [0.4, 0.5) is 10.2 Å². The molecule has 1 aromatic heterocycles. The number of nitrogens with zero attached hydrogens (tertiary/aromatic N) is 2. The fourth-order valence-electron chi connectivity index (χ4n) is 2.54. The minimum absolute atomic E-state index is 0.0460. The lowest BCUT2D eigenvalue weighted by Crippen LogP contribution is -2.39. The summed E-state index contributed by atoms with van der Waals surface area (Å²) in [6, 6.07) is 0.449. The molecule has 0 amide bonds. The van der Waals surface area contributed by atoms with E-state index in [0.717, 1.165) is 4.57 Å². The van der Waals surface area contributed by atoms with Gasteiger partial charge in [-0.1, -0.05) is 0 Å². The van der Waals surface area contributed by atoms with Crippen molar-refractivity contribution in [2.24, 2.45) is 0 Å². The smallest absolute Gasteiger partial charge is 0.349 e. The fourth-order valence-corrected chi connectivity index (χ4v) is 2.54. The van der Waals surface area contributed by atoms with E-state index in [2.05, 4.69) is 4.98 Å². The minimum atomic E-state index is -2.05. The predicted molar refractivity (Wildman–Crippen MR) is 57.5 cm³/mol. The van der Waals surface area contributed by atoms with Crippen LogP contribution in [-0.4, -0.2) is 50.4 Å². The average molecular weight is 257 g/mol. The number of aliphatic hydroxyl groups is 2. The number of ether oxygens (including phenoxy) is 1. The summed E-state index contributed by atoms with van der Waals surface area (Å²) in [5.41, 5.74) is 2.60. The van der Waals surface area contributed by atoms with E-state index < -0.39 is 42.3 Å². The Morgan fingerprint density at radius 1 is 1.67 bits per heavy atom. The van der Waals surface area contributed by atoms with Gasteiger partial charge < -0.3 is 20.7 Å². The van der Waals surface area contributed by atoms with Crippen molar-refractivity contribution in [2.75, 3.05) is 12.3 Å². The number of aliphatic hydroxyl groups excluding tert-OH is 2. The van der Waals surface area contributed by atoms with Gasteiger partial charge in [0.25, 0.3) is 0 Å². The molecular formula is C10H12FN3O4. The first-order valence-electron chi connectivity index (χ1n) is 5.48. The van der Waals surface area contributed by atoms with Crippen molar-refractivity contribution in [2.45, 2.75) is 30.0 Å². The van der Waals surface area contributed by atoms with Gasteiger partial charge in [-0.15, -0.1) is 0 Å². The van der Waals surface area contributed by atoms with Gasteiger partial charge in [0, 0.05) is 6.20 Å². The molecule has 2 fully saturated rings. The van der Waals surface area contributed by atoms with Crippen LogP contribution in [0.15, 0.2) is 17.1 Å². The van der Waals surface area contributed by atoms with Crippen molar-refractivity contribution in [1.29, 1.82) is 0 Å². The number of rotatable bonds is 2. The Balaban J connectivity index is 1.93. The van der Waals surface area contributed by atoms with Gasteiger partial charge in [-0.05, 0) is 6.07 Å². The monoisotopic (exact) mass is 257 g/mol. The lowest BCUT2D eigenvalue weighted by Gasteiger charge is -2.19. The molecule has 2 aliphatic rings. The number of nitrogen functional groups attached to an aromatic ring is 1. The molecule has 1 saturated heterocycles. The Bertz CT molecular complexity index is 550. The van der Waals surface area contributed by atoms with E-state index in [-0.39, 0.29) is 5.82 Å². The Kier molecular flexibility index (Phi) is 2.25. The summed E-state index contributed by atoms with van der Waals surface area (Å²) in [7, 11) is 0. The van der Waals surface area contributed by atoms with E-state index in [1.165, 1.54) is 12.3 Å². The Morgan fingerprint density at radius 2 is 2.39 bits per heavy atom. The minimum Gasteiger partial charge on any atom is -0.394 e. The summed E-state index contributed by atoms with van der Waals surface area (Å²) in [6.07, 6.45) is -2.03. The molecule has 1 aliphatic heterocycles. The molecule has 98 valence electrons. The normalized spacial score (nSPS) is 41.7. The third-order valence-electron chi connectivity index (χ3n) is 3.53. The second-order valence-electron chi connectivity index (χ2n) is 4.54. The number of nitrogens with two attached hydrogens (primary N) is 1. The molecule has 3 rings (SSSR count). The van der Waals surface area contributed by atoms with Crippen LogP contribution in [-0.2, 0) is 4.74 Å². The van der Waals surface area contributed by atoms with Crippen LogP contribution in [0.2, 0.25) is 0 Å². The van der Waals surface area contributed by atoms with Crippen LogP contribution in [0.25, 0.3) is 0 Å². The highest BCUT2D eigenvalue weighted by atomic mass is 19.1. The molecular weight excluding hydrogens is 245 g/mol. The number of aromatic nitrogens is 2. The van der Waals surface area contributed by atoms with Crippen molar-refractivity contribution < 1.29 is 19.3 Å². The number of fused-ring (bicyclic) bond motifs is 1. The largest absolute Gasteiger partial charge is 0.394 e. The first-order valence-corrected chi connectivity index (χ1v) is 5.48. The van der Waals surface area contributed by atoms with Gasteiger partial charge in [0.05, 0.1) is 6.61 Å². The molecule has 1 aliphatic carbocycles. The maximum Gasteiger partial charge on any atom is 0.349 e. The van der Waals surface area contributed by atoms with Gasteiger partial charge in [-0.25, -0.2) is 9.18 Å². The zero-order valence-electron chi connectivity index (χ0n) is 9.23. The van der Waals surface area contributed by atoms with E-state index in [4.69, 9.17) is 15.6 Å². The van der Waals surface area contributed by atoms with Gasteiger partial charge in [0.2, 0.25) is 0 Å². The molecule has 4 N–H and O–H groups in total. The van der Waals surface area contributed by atoms with E-state index in [1.807, 2.05) is 0 Å². The molecule has 2 unspecified atom stereocenters. The zero-order chi connectivity index (χ0) is 13.1. The third kappa shape index (κ3) is 1.27. The predicted octanol–water partition coefficient (Wildman–Crippen LogP) is -1.79. The first kappa shape index (κ1) is 11.6. The highest BCUT2D eigenvalue weighted by Crippen LogP contribution is 2.60. The zero-order valence-corrected chi connectivity index (χ0v) is 9.23. The van der Waals surface area contributed by atoms with E-state index in [9.17, 15) is 14.3 Å². The number of hydrogen-bond donors (Lipinski definition) is 3. The molecule has 0 aromatic carbocycles. The van der Waals surface area contributed by atoms with Gasteiger partial charge in [0.1, 0.15) is 30.2 Å². The molecule has 0 bridgehead atoms. The highest BCUT2D eigenvalue weighted by molar-refractivity contribution is 5.30. The van der Waals surface area contributed by atoms with Crippen LogP contribution in [0.1, 0.15) is 6.04 Å². The van der Waals surface area contributed by atoms with Gasteiger partial charge in [-0.3, -0.25) is 4.57 Å². The van der Waals surface area contributed by atoms with E-state index >= 15 is 0 Å². The molecule has 0 spiro atoms. The standard InChI is InChI=1S/C10H12FN3O4/c11-10-6(8(10)18-4(3-15)7(10)16)14-2-1-5(12)13-9(14)17/h1-2,4,6-8,15-16H,3H2,(H2,12,13,17)/t4-,6-,7?,8?,10-/m1/s1. The summed E-state index contributed by atoms with van der Waals surface area (Å²) in [5, 5.41) is 18.6. The topological polar surface area (TPSA) is 111 Å². The van der Waals surface area contributed by atoms with Crippen LogP contribution in [0, 0.1) is 0 Å². The van der Waals surface area contributed by atoms with Gasteiger partial charge >= 0.3 is 5.69 Å². The molecule has 0 radical (unpaired) electrons. The second kappa shape index (κ2) is 3.50. The summed E-state index contributed by atoms with van der Waals surface area (Å²) >= 11 is 0. The number of alkyl halides is 1. The maximum atomic E-state index is 14.4. The van der Waals surface area contributed by atoms with Gasteiger partial charge in [0.15, 0.2) is 5.67 Å². The molecule has 1 aromatic rings. The summed E-state index contributed by atoms with van der Waals surface area (Å²) in [6.45, 7) is -0.467. The van der Waals surface area contributed by atoms with Crippen LogP contribution in [0.5, 0.6) is 0 Å². The first-order chi connectivity index (χ1) is 8.50. The summed E-state index contributed by atoms with van der Waals surface area (Å²) in [4.78, 5) is 15.1. The van der Waals surface area contributed by atoms with Crippen LogP contribution in [0.3, 0.4) is 0 Å². The number of halogens is 1. The highest BCUT2D eigenvalue weighted by Gasteiger charge is 2.79. The molecule has 1 saturated carbocycles. The lowest BCUT2D eigenvalue weighted by atomic mass is 10.1. The van der Waals surface area contributed by atoms with Crippen molar-refractivity contribution in [3.63, 3.8) is 0 Å². The number of hydrogen-bond acceptors (Lipinski definition) is 6. The van der Waals surface area contributed by atoms with Crippen molar-refractivity contribution in [1.82, 2.24) is 9.55 Å². The third-order valence-corrected chi connectivity index (χ3v) is 3.53. The van der Waals surface area contributed by atoms with Crippen molar-refractivity contribution in [3.8, 4) is 0 Å². The SMILES string of the molecule is Nc1ccn([C@@H]2C3O[C@H](CO)C(O)[C@@]32F)c(=O)n1. The molecule has 18 heavy (non-hydrogen) atoms. The van der Waals surface area contributed by atoms with Crippen molar-refractivity contribution >= 4 is 5.82 Å². The molecule has 8 heteroatoms. The molecule has 7 nitrogen and oxygen atoms in total. The van der Waals surface area contributed by atoms with E-state index in [0.29, 0.717) is 0 Å². The lowest BCUT2D eigenvalue weighted by molar-refractivity contribution is -0.0481. The number of anilines is 1. The van der Waals surface area contributed by atoms with Gasteiger partial charge in [-0.2, -0.15) is 4.98 Å². The summed E-state index contributed by atoms with van der Waals surface area (Å²) in [5.74, 6) is 0.0460. The Hall–Kier alpha value is -1.51.